The summed E-state index contributed by atoms with van der Waals surface area (Å²) in [5.74, 6) is -0.699. The van der Waals surface area contributed by atoms with E-state index in [0.29, 0.717) is 27.3 Å². The summed E-state index contributed by atoms with van der Waals surface area (Å²) in [6.45, 7) is 0. The number of amides is 1. The van der Waals surface area contributed by atoms with E-state index in [1.54, 1.807) is 90.3 Å². The Morgan fingerprint density at radius 1 is 0.848 bits per heavy atom. The first kappa shape index (κ1) is 22.1. The Morgan fingerprint density at radius 3 is 2.00 bits per heavy atom. The molecule has 4 rings (SSSR count). The van der Waals surface area contributed by atoms with Crippen LogP contribution in [0, 0.1) is 0 Å². The molecule has 0 saturated carbocycles. The summed E-state index contributed by atoms with van der Waals surface area (Å²) in [6, 6.07) is 27.6. The highest BCUT2D eigenvalue weighted by Gasteiger charge is 2.39. The molecule has 2 N–H and O–H groups in total. The van der Waals surface area contributed by atoms with Gasteiger partial charge in [0.25, 0.3) is 5.91 Å². The fourth-order valence-corrected chi connectivity index (χ4v) is 3.81. The maximum atomic E-state index is 13.0. The number of ether oxygens (including phenoxy) is 1. The Labute approximate surface area is 194 Å². The minimum atomic E-state index is -1.90. The molecule has 7 heteroatoms. The SMILES string of the molecule is O=C(Oc1ccc(/C=N/NC(=O)C(O)(c2ccccc2)c2ccccc2)cc1)c1cccs1. The van der Waals surface area contributed by atoms with Gasteiger partial charge in [-0.05, 0) is 52.4 Å². The zero-order chi connectivity index (χ0) is 23.1. The van der Waals surface area contributed by atoms with Crippen LogP contribution in [0.15, 0.2) is 108 Å². The van der Waals surface area contributed by atoms with E-state index in [0.717, 1.165) is 0 Å². The third-order valence-corrected chi connectivity index (χ3v) is 5.75. The lowest BCUT2D eigenvalue weighted by Crippen LogP contribution is -2.43. The second-order valence-electron chi connectivity index (χ2n) is 7.08. The van der Waals surface area contributed by atoms with Crippen molar-refractivity contribution in [3.8, 4) is 5.75 Å². The molecule has 33 heavy (non-hydrogen) atoms. The third kappa shape index (κ3) is 5.06. The van der Waals surface area contributed by atoms with Gasteiger partial charge in [-0.1, -0.05) is 66.7 Å². The Kier molecular flexibility index (Phi) is 6.73. The minimum absolute atomic E-state index is 0.400. The van der Waals surface area contributed by atoms with Crippen LogP contribution in [0.2, 0.25) is 0 Å². The van der Waals surface area contributed by atoms with Gasteiger partial charge in [0.1, 0.15) is 10.6 Å². The van der Waals surface area contributed by atoms with Crippen molar-refractivity contribution in [3.63, 3.8) is 0 Å². The van der Waals surface area contributed by atoms with Crippen molar-refractivity contribution >= 4 is 29.4 Å². The van der Waals surface area contributed by atoms with Gasteiger partial charge in [-0.25, -0.2) is 10.2 Å². The first-order valence-corrected chi connectivity index (χ1v) is 11.0. The van der Waals surface area contributed by atoms with Crippen molar-refractivity contribution in [1.82, 2.24) is 5.43 Å². The summed E-state index contributed by atoms with van der Waals surface area (Å²) in [5, 5.41) is 17.2. The van der Waals surface area contributed by atoms with Crippen LogP contribution in [0.3, 0.4) is 0 Å². The van der Waals surface area contributed by atoms with Crippen LogP contribution in [-0.2, 0) is 10.4 Å². The van der Waals surface area contributed by atoms with Gasteiger partial charge >= 0.3 is 5.97 Å². The van der Waals surface area contributed by atoms with Gasteiger partial charge in [-0.3, -0.25) is 4.79 Å². The average Bonchev–Trinajstić information content (AvgIpc) is 3.41. The number of esters is 1. The van der Waals surface area contributed by atoms with Crippen LogP contribution in [0.5, 0.6) is 5.75 Å². The van der Waals surface area contributed by atoms with Crippen molar-refractivity contribution in [3.05, 3.63) is 124 Å². The summed E-state index contributed by atoms with van der Waals surface area (Å²) in [6.07, 6.45) is 1.44. The molecule has 6 nitrogen and oxygen atoms in total. The number of hydrogen-bond donors (Lipinski definition) is 2. The van der Waals surface area contributed by atoms with Crippen LogP contribution in [-0.4, -0.2) is 23.2 Å². The zero-order valence-corrected chi connectivity index (χ0v) is 18.2. The Balaban J connectivity index is 1.45. The summed E-state index contributed by atoms with van der Waals surface area (Å²) in [7, 11) is 0. The Bertz CT molecular complexity index is 1200. The van der Waals surface area contributed by atoms with Crippen LogP contribution in [0.25, 0.3) is 0 Å². The Hall–Kier alpha value is -4.07. The van der Waals surface area contributed by atoms with Crippen LogP contribution < -0.4 is 10.2 Å². The predicted octanol–water partition coefficient (Wildman–Crippen LogP) is 4.35. The molecular weight excluding hydrogens is 436 g/mol. The molecule has 0 aliphatic heterocycles. The second-order valence-corrected chi connectivity index (χ2v) is 8.03. The quantitative estimate of drug-likeness (QED) is 0.187. The molecule has 0 atom stereocenters. The summed E-state index contributed by atoms with van der Waals surface area (Å²) >= 11 is 1.31. The number of aliphatic hydroxyl groups is 1. The van der Waals surface area contributed by atoms with Crippen molar-refractivity contribution in [2.24, 2.45) is 5.10 Å². The van der Waals surface area contributed by atoms with E-state index in [9.17, 15) is 14.7 Å². The number of carbonyl (C=O) groups excluding carboxylic acids is 2. The van der Waals surface area contributed by atoms with E-state index in [-0.39, 0.29) is 0 Å². The van der Waals surface area contributed by atoms with Crippen molar-refractivity contribution in [2.75, 3.05) is 0 Å². The highest BCUT2D eigenvalue weighted by Crippen LogP contribution is 2.29. The van der Waals surface area contributed by atoms with Crippen LogP contribution in [0.1, 0.15) is 26.4 Å². The number of nitrogens with zero attached hydrogens (tertiary/aromatic N) is 1. The van der Waals surface area contributed by atoms with E-state index in [1.165, 1.54) is 17.6 Å². The minimum Gasteiger partial charge on any atom is -0.422 e. The summed E-state index contributed by atoms with van der Waals surface area (Å²) in [5.41, 5.74) is 2.07. The molecule has 164 valence electrons. The van der Waals surface area contributed by atoms with Gasteiger partial charge in [0, 0.05) is 0 Å². The second kappa shape index (κ2) is 10.0. The first-order valence-electron chi connectivity index (χ1n) is 10.1. The molecule has 1 heterocycles. The Morgan fingerprint density at radius 2 is 1.45 bits per heavy atom. The van der Waals surface area contributed by atoms with Crippen LogP contribution >= 0.6 is 11.3 Å². The fraction of sp³-hybridized carbons (Fsp3) is 0.0385. The molecule has 0 radical (unpaired) electrons. The number of thiophene rings is 1. The first-order chi connectivity index (χ1) is 16.1. The highest BCUT2D eigenvalue weighted by molar-refractivity contribution is 7.12. The summed E-state index contributed by atoms with van der Waals surface area (Å²) in [4.78, 5) is 25.6. The molecule has 1 amide bonds. The van der Waals surface area contributed by atoms with Gasteiger partial charge in [0.05, 0.1) is 6.21 Å². The van der Waals surface area contributed by atoms with Gasteiger partial charge in [0.2, 0.25) is 0 Å². The fourth-order valence-electron chi connectivity index (χ4n) is 3.21. The van der Waals surface area contributed by atoms with Crippen LogP contribution in [0.4, 0.5) is 0 Å². The lowest BCUT2D eigenvalue weighted by atomic mass is 9.85. The maximum absolute atomic E-state index is 13.0. The number of carbonyl (C=O) groups is 2. The normalized spacial score (nSPS) is 11.3. The lowest BCUT2D eigenvalue weighted by molar-refractivity contribution is -0.136. The zero-order valence-electron chi connectivity index (χ0n) is 17.4. The smallest absolute Gasteiger partial charge is 0.353 e. The number of benzene rings is 3. The average molecular weight is 457 g/mol. The molecule has 0 aliphatic rings. The third-order valence-electron chi connectivity index (χ3n) is 4.90. The van der Waals surface area contributed by atoms with E-state index in [1.807, 2.05) is 12.1 Å². The predicted molar refractivity (Wildman–Crippen MR) is 127 cm³/mol. The number of hydrogen-bond acceptors (Lipinski definition) is 6. The van der Waals surface area contributed by atoms with E-state index < -0.39 is 17.5 Å². The van der Waals surface area contributed by atoms with Crippen molar-refractivity contribution < 1.29 is 19.4 Å². The van der Waals surface area contributed by atoms with Gasteiger partial charge < -0.3 is 9.84 Å². The van der Waals surface area contributed by atoms with E-state index in [4.69, 9.17) is 4.74 Å². The molecule has 1 aromatic heterocycles. The number of nitrogens with one attached hydrogen (secondary N) is 1. The topological polar surface area (TPSA) is 88.0 Å². The molecule has 0 saturated heterocycles. The van der Waals surface area contributed by atoms with E-state index >= 15 is 0 Å². The molecular formula is C26H20N2O4S. The number of hydrazone groups is 1. The summed E-state index contributed by atoms with van der Waals surface area (Å²) < 4.78 is 5.32. The number of rotatable bonds is 7. The molecule has 0 bridgehead atoms. The maximum Gasteiger partial charge on any atom is 0.353 e. The lowest BCUT2D eigenvalue weighted by Gasteiger charge is -2.27. The van der Waals surface area contributed by atoms with Gasteiger partial charge in [-0.15, -0.1) is 11.3 Å². The van der Waals surface area contributed by atoms with Gasteiger partial charge in [-0.2, -0.15) is 5.10 Å². The van der Waals surface area contributed by atoms with Gasteiger partial charge in [0.15, 0.2) is 5.60 Å². The molecule has 0 aliphatic carbocycles. The molecule has 0 fully saturated rings. The van der Waals surface area contributed by atoms with Crippen molar-refractivity contribution in [2.45, 2.75) is 5.60 Å². The standard InChI is InChI=1S/C26H20N2O4S/c29-24(23-12-7-17-33-23)32-22-15-13-19(14-16-22)18-27-28-25(30)26(31,20-8-3-1-4-9-20)21-10-5-2-6-11-21/h1-18,31H,(H,28,30)/b27-18+. The van der Waals surface area contributed by atoms with Crippen molar-refractivity contribution in [1.29, 1.82) is 0 Å². The highest BCUT2D eigenvalue weighted by atomic mass is 32.1. The molecule has 0 spiro atoms. The molecule has 4 aromatic rings. The monoisotopic (exact) mass is 456 g/mol. The van der Waals surface area contributed by atoms with E-state index in [2.05, 4.69) is 10.5 Å². The largest absolute Gasteiger partial charge is 0.422 e. The molecule has 3 aromatic carbocycles. The molecule has 0 unspecified atom stereocenters.